The Labute approximate surface area is 103 Å². The summed E-state index contributed by atoms with van der Waals surface area (Å²) in [4.78, 5) is 7.21. The van der Waals surface area contributed by atoms with Crippen LogP contribution in [0.5, 0.6) is 0 Å². The summed E-state index contributed by atoms with van der Waals surface area (Å²) in [6.45, 7) is 0. The first-order valence-corrected chi connectivity index (χ1v) is 5.45. The summed E-state index contributed by atoms with van der Waals surface area (Å²) in [6, 6.07) is 6.53. The average molecular weight is 250 g/mol. The Bertz CT molecular complexity index is 571. The number of hydrogen-bond acceptors (Lipinski definition) is 2. The van der Waals surface area contributed by atoms with Crippen molar-refractivity contribution in [1.29, 1.82) is 5.26 Å². The van der Waals surface area contributed by atoms with Crippen molar-refractivity contribution >= 4 is 11.6 Å². The van der Waals surface area contributed by atoms with Gasteiger partial charge in [-0.15, -0.1) is 0 Å². The Hall–Kier alpha value is -1.86. The Morgan fingerprint density at radius 2 is 2.29 bits per heavy atom. The van der Waals surface area contributed by atoms with Crippen molar-refractivity contribution in [2.75, 3.05) is 0 Å². The van der Waals surface area contributed by atoms with E-state index in [9.17, 15) is 4.39 Å². The van der Waals surface area contributed by atoms with Crippen LogP contribution in [0.3, 0.4) is 0 Å². The molecule has 1 heterocycles. The molecule has 0 unspecified atom stereocenters. The van der Waals surface area contributed by atoms with E-state index >= 15 is 0 Å². The molecule has 2 aromatic rings. The summed E-state index contributed by atoms with van der Waals surface area (Å²) in [6.07, 6.45) is 2.64. The smallest absolute Gasteiger partial charge is 0.141 e. The third kappa shape index (κ3) is 2.63. The number of halogens is 2. The van der Waals surface area contributed by atoms with Crippen molar-refractivity contribution in [1.82, 2.24) is 9.97 Å². The zero-order valence-corrected chi connectivity index (χ0v) is 9.63. The first-order chi connectivity index (χ1) is 8.20. The second kappa shape index (κ2) is 4.98. The lowest BCUT2D eigenvalue weighted by atomic mass is 10.2. The van der Waals surface area contributed by atoms with Gasteiger partial charge in [0.25, 0.3) is 0 Å². The molecule has 0 aliphatic heterocycles. The second-order valence-electron chi connectivity index (χ2n) is 3.53. The molecular weight excluding hydrogens is 241 g/mol. The number of imidazole rings is 1. The maximum atomic E-state index is 13.0. The quantitative estimate of drug-likeness (QED) is 0.907. The molecule has 1 aromatic carbocycles. The van der Waals surface area contributed by atoms with Gasteiger partial charge in [0.1, 0.15) is 11.6 Å². The highest BCUT2D eigenvalue weighted by molar-refractivity contribution is 6.31. The van der Waals surface area contributed by atoms with Gasteiger partial charge in [-0.25, -0.2) is 9.37 Å². The lowest BCUT2D eigenvalue weighted by molar-refractivity contribution is 0.628. The number of benzene rings is 1. The Kier molecular flexibility index (Phi) is 3.40. The van der Waals surface area contributed by atoms with Crippen molar-refractivity contribution < 1.29 is 4.39 Å². The number of nitriles is 1. The van der Waals surface area contributed by atoms with Crippen LogP contribution in [-0.4, -0.2) is 9.97 Å². The van der Waals surface area contributed by atoms with Crippen molar-refractivity contribution in [2.45, 2.75) is 12.8 Å². The zero-order chi connectivity index (χ0) is 12.3. The van der Waals surface area contributed by atoms with Crippen LogP contribution < -0.4 is 0 Å². The number of aromatic amines is 1. The maximum Gasteiger partial charge on any atom is 0.141 e. The van der Waals surface area contributed by atoms with Crippen LogP contribution in [0, 0.1) is 17.1 Å². The van der Waals surface area contributed by atoms with Crippen molar-refractivity contribution in [3.8, 4) is 17.3 Å². The van der Waals surface area contributed by atoms with Gasteiger partial charge in [-0.1, -0.05) is 11.6 Å². The van der Waals surface area contributed by atoms with Gasteiger partial charge in [0.2, 0.25) is 0 Å². The molecule has 0 aliphatic rings. The fraction of sp³-hybridized carbons (Fsp3) is 0.167. The number of aromatic nitrogens is 2. The molecule has 0 radical (unpaired) electrons. The van der Waals surface area contributed by atoms with Crippen LogP contribution in [0.1, 0.15) is 12.2 Å². The second-order valence-corrected chi connectivity index (χ2v) is 3.94. The average Bonchev–Trinajstić information content (AvgIpc) is 2.79. The largest absolute Gasteiger partial charge is 0.342 e. The monoisotopic (exact) mass is 249 g/mol. The van der Waals surface area contributed by atoms with Gasteiger partial charge in [0.05, 0.1) is 23.0 Å². The number of nitrogens with one attached hydrogen (secondary N) is 1. The van der Waals surface area contributed by atoms with Crippen LogP contribution in [0.4, 0.5) is 4.39 Å². The highest BCUT2D eigenvalue weighted by Gasteiger charge is 2.06. The summed E-state index contributed by atoms with van der Waals surface area (Å²) >= 11 is 5.70. The van der Waals surface area contributed by atoms with E-state index in [1.807, 2.05) is 0 Å². The predicted molar refractivity (Wildman–Crippen MR) is 62.9 cm³/mol. The van der Waals surface area contributed by atoms with Gasteiger partial charge in [-0.3, -0.25) is 0 Å². The van der Waals surface area contributed by atoms with E-state index < -0.39 is 5.82 Å². The lowest BCUT2D eigenvalue weighted by Crippen LogP contribution is -1.86. The minimum atomic E-state index is -0.445. The third-order valence-electron chi connectivity index (χ3n) is 2.33. The maximum absolute atomic E-state index is 13.0. The molecular formula is C12H9ClFN3. The van der Waals surface area contributed by atoms with Crippen LogP contribution in [-0.2, 0) is 6.42 Å². The topological polar surface area (TPSA) is 52.5 Å². The minimum Gasteiger partial charge on any atom is -0.342 e. The van der Waals surface area contributed by atoms with Crippen molar-refractivity contribution in [3.63, 3.8) is 0 Å². The zero-order valence-electron chi connectivity index (χ0n) is 8.87. The fourth-order valence-electron chi connectivity index (χ4n) is 1.47. The molecule has 0 bridgehead atoms. The third-order valence-corrected chi connectivity index (χ3v) is 2.62. The standard InChI is InChI=1S/C12H9ClFN3/c13-9-6-8(3-4-10(9)14)11-7-16-12(17-11)2-1-5-15/h3-4,6-7H,1-2H2,(H,16,17). The highest BCUT2D eigenvalue weighted by atomic mass is 35.5. The summed E-state index contributed by atoms with van der Waals surface area (Å²) in [7, 11) is 0. The normalized spacial score (nSPS) is 10.2. The molecule has 3 nitrogen and oxygen atoms in total. The SMILES string of the molecule is N#CCCc1ncc(-c2ccc(F)c(Cl)c2)[nH]1. The van der Waals surface area contributed by atoms with Gasteiger partial charge in [-0.05, 0) is 18.2 Å². The van der Waals surface area contributed by atoms with E-state index in [0.717, 1.165) is 17.1 Å². The van der Waals surface area contributed by atoms with Crippen molar-refractivity contribution in [3.05, 3.63) is 41.1 Å². The number of aryl methyl sites for hydroxylation is 1. The lowest BCUT2D eigenvalue weighted by Gasteiger charge is -1.99. The molecule has 0 fully saturated rings. The highest BCUT2D eigenvalue weighted by Crippen LogP contribution is 2.23. The van der Waals surface area contributed by atoms with Crippen LogP contribution >= 0.6 is 11.6 Å². The number of nitrogens with zero attached hydrogens (tertiary/aromatic N) is 2. The van der Waals surface area contributed by atoms with Crippen LogP contribution in [0.2, 0.25) is 5.02 Å². The van der Waals surface area contributed by atoms with Gasteiger partial charge in [0.15, 0.2) is 0 Å². The molecule has 1 N–H and O–H groups in total. The number of H-pyrrole nitrogens is 1. The molecule has 17 heavy (non-hydrogen) atoms. The molecule has 0 atom stereocenters. The number of rotatable bonds is 3. The van der Waals surface area contributed by atoms with E-state index in [0.29, 0.717) is 12.8 Å². The Morgan fingerprint density at radius 1 is 1.47 bits per heavy atom. The molecule has 0 amide bonds. The van der Waals surface area contributed by atoms with E-state index in [-0.39, 0.29) is 5.02 Å². The van der Waals surface area contributed by atoms with Gasteiger partial charge >= 0.3 is 0 Å². The Morgan fingerprint density at radius 3 is 3.00 bits per heavy atom. The van der Waals surface area contributed by atoms with Crippen LogP contribution in [0.15, 0.2) is 24.4 Å². The molecule has 86 valence electrons. The first kappa shape index (κ1) is 11.6. The first-order valence-electron chi connectivity index (χ1n) is 5.07. The summed E-state index contributed by atoms with van der Waals surface area (Å²) < 4.78 is 13.0. The molecule has 0 aliphatic carbocycles. The summed E-state index contributed by atoms with van der Waals surface area (Å²) in [5.41, 5.74) is 1.53. The van der Waals surface area contributed by atoms with Crippen LogP contribution in [0.25, 0.3) is 11.3 Å². The van der Waals surface area contributed by atoms with Crippen molar-refractivity contribution in [2.24, 2.45) is 0 Å². The minimum absolute atomic E-state index is 0.0793. The summed E-state index contributed by atoms with van der Waals surface area (Å²) in [5.74, 6) is 0.293. The molecule has 0 saturated heterocycles. The fourth-order valence-corrected chi connectivity index (χ4v) is 1.65. The summed E-state index contributed by atoms with van der Waals surface area (Å²) in [5, 5.41) is 8.55. The van der Waals surface area contributed by atoms with Gasteiger partial charge in [0, 0.05) is 18.4 Å². The number of hydrogen-bond donors (Lipinski definition) is 1. The van der Waals surface area contributed by atoms with Gasteiger partial charge in [-0.2, -0.15) is 5.26 Å². The van der Waals surface area contributed by atoms with E-state index in [2.05, 4.69) is 16.0 Å². The van der Waals surface area contributed by atoms with Gasteiger partial charge < -0.3 is 4.98 Å². The molecule has 2 rings (SSSR count). The molecule has 0 saturated carbocycles. The Balaban J connectivity index is 2.25. The van der Waals surface area contributed by atoms with E-state index in [1.54, 1.807) is 18.3 Å². The van der Waals surface area contributed by atoms with E-state index in [4.69, 9.17) is 16.9 Å². The molecule has 1 aromatic heterocycles. The molecule has 5 heteroatoms. The van der Waals surface area contributed by atoms with E-state index in [1.165, 1.54) is 6.07 Å². The molecule has 0 spiro atoms. The predicted octanol–water partition coefficient (Wildman–Crippen LogP) is 3.33.